The molecule has 0 radical (unpaired) electrons. The van der Waals surface area contributed by atoms with Crippen LogP contribution in [0.1, 0.15) is 47.0 Å². The van der Waals surface area contributed by atoms with Gasteiger partial charge in [0.1, 0.15) is 18.6 Å². The Bertz CT molecular complexity index is 298. The predicted molar refractivity (Wildman–Crippen MR) is 82.5 cm³/mol. The van der Waals surface area contributed by atoms with E-state index in [-0.39, 0.29) is 12.0 Å². The number of aliphatic carboxylic acids is 1. The molecule has 0 bridgehead atoms. The predicted octanol–water partition coefficient (Wildman–Crippen LogP) is 2.67. The maximum Gasteiger partial charge on any atom is 0.311 e. The number of hydrogen-bond acceptors (Lipinski definition) is 2. The molecule has 0 spiro atoms. The first-order valence-electron chi connectivity index (χ1n) is 7.77. The standard InChI is InChI=1S/C16H31NO3/c1-5-8-9-10-11-15(18)13-17(6-2,7-3)12-14(4)16(19)20/h5,8,14-15,18H,6-7,9-13H2,1-4H3/p+1/b8-5+. The summed E-state index contributed by atoms with van der Waals surface area (Å²) in [6.07, 6.45) is 6.55. The van der Waals surface area contributed by atoms with Gasteiger partial charge in [0.25, 0.3) is 0 Å². The average molecular weight is 286 g/mol. The van der Waals surface area contributed by atoms with Gasteiger partial charge in [0.05, 0.1) is 19.6 Å². The monoisotopic (exact) mass is 286 g/mol. The molecule has 0 aromatic rings. The van der Waals surface area contributed by atoms with Crippen molar-refractivity contribution < 1.29 is 19.5 Å². The smallest absolute Gasteiger partial charge is 0.311 e. The van der Waals surface area contributed by atoms with Gasteiger partial charge in [-0.15, -0.1) is 0 Å². The highest BCUT2D eigenvalue weighted by Gasteiger charge is 2.31. The van der Waals surface area contributed by atoms with Crippen molar-refractivity contribution in [3.63, 3.8) is 0 Å². The molecular weight excluding hydrogens is 254 g/mol. The Morgan fingerprint density at radius 1 is 1.25 bits per heavy atom. The highest BCUT2D eigenvalue weighted by atomic mass is 16.4. The van der Waals surface area contributed by atoms with Crippen LogP contribution in [0.15, 0.2) is 12.2 Å². The van der Waals surface area contributed by atoms with Gasteiger partial charge in [0.2, 0.25) is 0 Å². The number of rotatable bonds is 11. The van der Waals surface area contributed by atoms with Gasteiger partial charge in [-0.25, -0.2) is 0 Å². The molecule has 2 unspecified atom stereocenters. The average Bonchev–Trinajstić information content (AvgIpc) is 2.42. The van der Waals surface area contributed by atoms with E-state index < -0.39 is 5.97 Å². The van der Waals surface area contributed by atoms with Gasteiger partial charge in [-0.1, -0.05) is 12.2 Å². The first kappa shape index (κ1) is 19.1. The number of allylic oxidation sites excluding steroid dienone is 2. The van der Waals surface area contributed by atoms with E-state index in [0.717, 1.165) is 32.4 Å². The van der Waals surface area contributed by atoms with Crippen LogP contribution in [0.25, 0.3) is 0 Å². The van der Waals surface area contributed by atoms with Crippen LogP contribution in [0.3, 0.4) is 0 Å². The third-order valence-electron chi connectivity index (χ3n) is 4.17. The lowest BCUT2D eigenvalue weighted by atomic mass is 10.1. The van der Waals surface area contributed by atoms with Gasteiger partial charge in [-0.3, -0.25) is 4.79 Å². The number of quaternary nitrogens is 1. The van der Waals surface area contributed by atoms with Gasteiger partial charge in [-0.05, 0) is 47.0 Å². The van der Waals surface area contributed by atoms with Crippen molar-refractivity contribution in [2.24, 2.45) is 5.92 Å². The SMILES string of the molecule is C/C=C/CCCC(O)C[N+](CC)(CC)CC(C)C(=O)O. The minimum atomic E-state index is -0.753. The second-order valence-electron chi connectivity index (χ2n) is 5.73. The van der Waals surface area contributed by atoms with Gasteiger partial charge in [-0.2, -0.15) is 0 Å². The largest absolute Gasteiger partial charge is 0.481 e. The third-order valence-corrected chi connectivity index (χ3v) is 4.17. The lowest BCUT2D eigenvalue weighted by molar-refractivity contribution is -0.929. The summed E-state index contributed by atoms with van der Waals surface area (Å²) in [5.74, 6) is -1.12. The Morgan fingerprint density at radius 2 is 1.85 bits per heavy atom. The number of unbranched alkanes of at least 4 members (excludes halogenated alkanes) is 1. The fourth-order valence-corrected chi connectivity index (χ4v) is 2.65. The second kappa shape index (κ2) is 9.94. The molecule has 0 aliphatic carbocycles. The van der Waals surface area contributed by atoms with Crippen LogP contribution in [-0.2, 0) is 4.79 Å². The van der Waals surface area contributed by atoms with Crippen molar-refractivity contribution >= 4 is 5.97 Å². The zero-order chi connectivity index (χ0) is 15.6. The highest BCUT2D eigenvalue weighted by Crippen LogP contribution is 2.15. The van der Waals surface area contributed by atoms with Crippen molar-refractivity contribution in [3.05, 3.63) is 12.2 Å². The molecule has 0 aliphatic rings. The molecule has 4 nitrogen and oxygen atoms in total. The Labute approximate surface area is 123 Å². The van der Waals surface area contributed by atoms with E-state index >= 15 is 0 Å². The maximum absolute atomic E-state index is 11.1. The van der Waals surface area contributed by atoms with E-state index in [2.05, 4.69) is 19.9 Å². The molecule has 0 aromatic carbocycles. The molecule has 4 heteroatoms. The second-order valence-corrected chi connectivity index (χ2v) is 5.73. The number of carbonyl (C=O) groups is 1. The van der Waals surface area contributed by atoms with E-state index in [1.807, 2.05) is 13.0 Å². The molecule has 20 heavy (non-hydrogen) atoms. The van der Waals surface area contributed by atoms with E-state index in [9.17, 15) is 9.90 Å². The summed E-state index contributed by atoms with van der Waals surface area (Å²) < 4.78 is 0.679. The molecule has 0 saturated heterocycles. The van der Waals surface area contributed by atoms with Crippen LogP contribution in [0.4, 0.5) is 0 Å². The summed E-state index contributed by atoms with van der Waals surface area (Å²) in [5.41, 5.74) is 0. The van der Waals surface area contributed by atoms with E-state index in [4.69, 9.17) is 5.11 Å². The van der Waals surface area contributed by atoms with Crippen molar-refractivity contribution in [3.8, 4) is 0 Å². The zero-order valence-corrected chi connectivity index (χ0v) is 13.5. The van der Waals surface area contributed by atoms with Crippen molar-refractivity contribution in [2.75, 3.05) is 26.2 Å². The van der Waals surface area contributed by atoms with Crippen LogP contribution in [-0.4, -0.2) is 52.9 Å². The van der Waals surface area contributed by atoms with Gasteiger partial charge in [0.15, 0.2) is 0 Å². The van der Waals surface area contributed by atoms with Crippen LogP contribution in [0.2, 0.25) is 0 Å². The molecule has 0 aliphatic heterocycles. The van der Waals surface area contributed by atoms with Gasteiger partial charge in [0, 0.05) is 0 Å². The Balaban J connectivity index is 4.46. The van der Waals surface area contributed by atoms with Crippen molar-refractivity contribution in [1.29, 1.82) is 0 Å². The van der Waals surface area contributed by atoms with E-state index in [0.29, 0.717) is 17.6 Å². The molecular formula is C16H32NO3+. The lowest BCUT2D eigenvalue weighted by Gasteiger charge is -2.39. The van der Waals surface area contributed by atoms with Gasteiger partial charge < -0.3 is 14.7 Å². The number of likely N-dealkylation sites (N-methyl/N-ethyl adjacent to an activating group) is 1. The molecule has 2 N–H and O–H groups in total. The molecule has 0 heterocycles. The number of nitrogens with zero attached hydrogens (tertiary/aromatic N) is 1. The van der Waals surface area contributed by atoms with Crippen molar-refractivity contribution in [1.82, 2.24) is 0 Å². The summed E-state index contributed by atoms with van der Waals surface area (Å²) in [5, 5.41) is 19.3. The number of hydrogen-bond donors (Lipinski definition) is 2. The molecule has 0 saturated carbocycles. The fourth-order valence-electron chi connectivity index (χ4n) is 2.65. The quantitative estimate of drug-likeness (QED) is 0.349. The highest BCUT2D eigenvalue weighted by molar-refractivity contribution is 5.69. The normalized spacial score (nSPS) is 15.4. The maximum atomic E-state index is 11.1. The lowest BCUT2D eigenvalue weighted by Crippen LogP contribution is -2.55. The third kappa shape index (κ3) is 7.06. The Hall–Kier alpha value is -0.870. The fraction of sp³-hybridized carbons (Fsp3) is 0.812. The van der Waals surface area contributed by atoms with E-state index in [1.54, 1.807) is 6.92 Å². The Kier molecular flexibility index (Phi) is 9.51. The molecule has 0 rings (SSSR count). The van der Waals surface area contributed by atoms with Crippen molar-refractivity contribution in [2.45, 2.75) is 53.1 Å². The summed E-state index contributed by atoms with van der Waals surface area (Å²) >= 11 is 0. The first-order chi connectivity index (χ1) is 9.40. The summed E-state index contributed by atoms with van der Waals surface area (Å²) in [6.45, 7) is 10.9. The molecule has 2 atom stereocenters. The van der Waals surface area contributed by atoms with Crippen LogP contribution in [0, 0.1) is 5.92 Å². The number of aliphatic hydroxyl groups is 1. The van der Waals surface area contributed by atoms with Crippen LogP contribution >= 0.6 is 0 Å². The summed E-state index contributed by atoms with van der Waals surface area (Å²) in [7, 11) is 0. The van der Waals surface area contributed by atoms with Crippen LogP contribution < -0.4 is 0 Å². The number of carboxylic acid groups (broad SMARTS) is 1. The van der Waals surface area contributed by atoms with Crippen LogP contribution in [0.5, 0.6) is 0 Å². The summed E-state index contributed by atoms with van der Waals surface area (Å²) in [4.78, 5) is 11.1. The molecule has 0 aromatic heterocycles. The zero-order valence-electron chi connectivity index (χ0n) is 13.5. The molecule has 118 valence electrons. The number of carboxylic acids is 1. The topological polar surface area (TPSA) is 57.5 Å². The van der Waals surface area contributed by atoms with E-state index in [1.165, 1.54) is 0 Å². The Morgan fingerprint density at radius 3 is 2.30 bits per heavy atom. The first-order valence-corrected chi connectivity index (χ1v) is 7.77. The minimum absolute atomic E-state index is 0.346. The minimum Gasteiger partial charge on any atom is -0.481 e. The van der Waals surface area contributed by atoms with Gasteiger partial charge >= 0.3 is 5.97 Å². The summed E-state index contributed by atoms with van der Waals surface area (Å²) in [6, 6.07) is 0. The number of aliphatic hydroxyl groups excluding tert-OH is 1. The molecule has 0 fully saturated rings. The molecule has 0 amide bonds.